The van der Waals surface area contributed by atoms with Gasteiger partial charge in [0.05, 0.1) is 0 Å². The van der Waals surface area contributed by atoms with Gasteiger partial charge in [0.1, 0.15) is 0 Å². The summed E-state index contributed by atoms with van der Waals surface area (Å²) >= 11 is 0. The molecule has 3 aromatic rings. The third-order valence-corrected chi connectivity index (χ3v) is 4.56. The van der Waals surface area contributed by atoms with Crippen LogP contribution in [0.5, 0.6) is 0 Å². The Labute approximate surface area is 179 Å². The molecule has 0 unspecified atom stereocenters. The lowest BCUT2D eigenvalue weighted by Crippen LogP contribution is -2.27. The largest absolute Gasteiger partial charge is 0.448 e. The monoisotopic (exact) mass is 423 g/mol. The summed E-state index contributed by atoms with van der Waals surface area (Å²) in [6.07, 6.45) is -1.04. The highest BCUT2D eigenvalue weighted by Crippen LogP contribution is 2.18. The number of fused-ring (bicyclic) bond motifs is 1. The minimum atomic E-state index is -1.04. The minimum absolute atomic E-state index is 0.131. The van der Waals surface area contributed by atoms with E-state index in [1.54, 1.807) is 24.3 Å². The topological polar surface area (TPSA) is 116 Å². The van der Waals surface area contributed by atoms with Crippen LogP contribution in [0.4, 0.5) is 5.69 Å². The van der Waals surface area contributed by atoms with Gasteiger partial charge >= 0.3 is 5.97 Å². The highest BCUT2D eigenvalue weighted by atomic mass is 16.5. The molecule has 1 aromatic carbocycles. The molecule has 0 aliphatic rings. The Kier molecular flexibility index (Phi) is 5.88. The number of aromatic nitrogens is 4. The van der Waals surface area contributed by atoms with E-state index in [4.69, 9.17) is 4.74 Å². The number of esters is 1. The van der Waals surface area contributed by atoms with Crippen LogP contribution in [-0.4, -0.2) is 43.3 Å². The van der Waals surface area contributed by atoms with E-state index in [-0.39, 0.29) is 23.3 Å². The van der Waals surface area contributed by atoms with E-state index in [2.05, 4.69) is 20.4 Å². The number of anilines is 1. The summed E-state index contributed by atoms with van der Waals surface area (Å²) in [6.45, 7) is 10.6. The number of carbonyl (C=O) groups is 3. The first kappa shape index (κ1) is 22.1. The Morgan fingerprint density at radius 3 is 2.32 bits per heavy atom. The molecule has 1 atom stereocenters. The van der Waals surface area contributed by atoms with E-state index in [1.807, 2.05) is 40.7 Å². The van der Waals surface area contributed by atoms with Crippen molar-refractivity contribution >= 4 is 29.1 Å². The summed E-state index contributed by atoms with van der Waals surface area (Å²) in [5.41, 5.74) is 1.92. The van der Waals surface area contributed by atoms with E-state index in [0.717, 1.165) is 11.4 Å². The van der Waals surface area contributed by atoms with Crippen LogP contribution in [0.15, 0.2) is 30.3 Å². The van der Waals surface area contributed by atoms with Crippen molar-refractivity contribution in [2.24, 2.45) is 5.41 Å². The fourth-order valence-corrected chi connectivity index (χ4v) is 2.79. The molecule has 0 saturated heterocycles. The highest BCUT2D eigenvalue weighted by Gasteiger charge is 2.24. The molecule has 0 fully saturated rings. The summed E-state index contributed by atoms with van der Waals surface area (Å²) in [6, 6.07) is 8.22. The van der Waals surface area contributed by atoms with E-state index >= 15 is 0 Å². The van der Waals surface area contributed by atoms with Gasteiger partial charge in [0.25, 0.3) is 11.6 Å². The van der Waals surface area contributed by atoms with Gasteiger partial charge in [0.2, 0.25) is 11.7 Å². The van der Waals surface area contributed by atoms with Crippen LogP contribution in [0, 0.1) is 19.3 Å². The number of Topliss-reactive ketones (excluding diaryl/α,β-unsaturated/α-hetero) is 1. The molecule has 1 N–H and O–H groups in total. The normalized spacial score (nSPS) is 12.5. The minimum Gasteiger partial charge on any atom is -0.448 e. The molecule has 31 heavy (non-hydrogen) atoms. The molecule has 0 radical (unpaired) electrons. The van der Waals surface area contributed by atoms with E-state index in [0.29, 0.717) is 11.3 Å². The first-order valence-corrected chi connectivity index (χ1v) is 9.83. The number of rotatable bonds is 5. The van der Waals surface area contributed by atoms with E-state index in [9.17, 15) is 14.4 Å². The molecule has 162 valence electrons. The number of hydrogen-bond donors (Lipinski definition) is 1. The first-order valence-electron chi connectivity index (χ1n) is 9.83. The SMILES string of the molecule is Cc1cc(C)n2nc(C(=O)O[C@H](C)C(=O)c3ccc(NC(=O)C(C)(C)C)cc3)nc2n1. The van der Waals surface area contributed by atoms with E-state index < -0.39 is 17.5 Å². The van der Waals surface area contributed by atoms with Gasteiger partial charge in [0, 0.05) is 28.1 Å². The predicted octanol–water partition coefficient (Wildman–Crippen LogP) is 3.15. The maximum atomic E-state index is 12.7. The number of carbonyl (C=O) groups excluding carboxylic acids is 3. The van der Waals surface area contributed by atoms with Crippen LogP contribution in [0.25, 0.3) is 5.78 Å². The third-order valence-electron chi connectivity index (χ3n) is 4.56. The van der Waals surface area contributed by atoms with Gasteiger partial charge in [-0.05, 0) is 51.1 Å². The Balaban J connectivity index is 1.68. The molecule has 0 aliphatic heterocycles. The smallest absolute Gasteiger partial charge is 0.379 e. The maximum absolute atomic E-state index is 12.7. The Morgan fingerprint density at radius 1 is 1.06 bits per heavy atom. The molecule has 9 heteroatoms. The van der Waals surface area contributed by atoms with Gasteiger partial charge in [-0.3, -0.25) is 9.59 Å². The Morgan fingerprint density at radius 2 is 1.71 bits per heavy atom. The van der Waals surface area contributed by atoms with Gasteiger partial charge < -0.3 is 10.1 Å². The zero-order valence-corrected chi connectivity index (χ0v) is 18.4. The fraction of sp³-hybridized carbons (Fsp3) is 0.364. The zero-order valence-electron chi connectivity index (χ0n) is 18.4. The average Bonchev–Trinajstić information content (AvgIpc) is 3.11. The van der Waals surface area contributed by atoms with Crippen LogP contribution in [0.1, 0.15) is 60.1 Å². The van der Waals surface area contributed by atoms with Gasteiger partial charge in [0.15, 0.2) is 6.10 Å². The summed E-state index contributed by atoms with van der Waals surface area (Å²) in [5.74, 6) is -1.19. The number of aryl methyl sites for hydroxylation is 2. The van der Waals surface area contributed by atoms with Crippen LogP contribution in [-0.2, 0) is 9.53 Å². The third kappa shape index (κ3) is 4.93. The average molecular weight is 423 g/mol. The standard InChI is InChI=1S/C22H25N5O4/c1-12-11-13(2)27-21(23-12)25-18(26-27)19(29)31-14(3)17(28)15-7-9-16(10-8-15)24-20(30)22(4,5)6/h7-11,14H,1-6H3,(H,24,30)/t14-/m1/s1. The van der Waals surface area contributed by atoms with Crippen LogP contribution in [0.2, 0.25) is 0 Å². The van der Waals surface area contributed by atoms with Crippen molar-refractivity contribution in [2.75, 3.05) is 5.32 Å². The lowest BCUT2D eigenvalue weighted by Gasteiger charge is -2.18. The van der Waals surface area contributed by atoms with Gasteiger partial charge in [-0.2, -0.15) is 4.98 Å². The fourth-order valence-electron chi connectivity index (χ4n) is 2.79. The van der Waals surface area contributed by atoms with E-state index in [1.165, 1.54) is 11.4 Å². The second-order valence-corrected chi connectivity index (χ2v) is 8.38. The lowest BCUT2D eigenvalue weighted by molar-refractivity contribution is -0.123. The number of nitrogens with one attached hydrogen (secondary N) is 1. The van der Waals surface area contributed by atoms with Crippen molar-refractivity contribution in [1.29, 1.82) is 0 Å². The van der Waals surface area contributed by atoms with Gasteiger partial charge in [-0.1, -0.05) is 20.8 Å². The second kappa shape index (κ2) is 8.25. The van der Waals surface area contributed by atoms with Crippen molar-refractivity contribution in [3.05, 3.63) is 53.1 Å². The predicted molar refractivity (Wildman–Crippen MR) is 114 cm³/mol. The van der Waals surface area contributed by atoms with Crippen molar-refractivity contribution in [3.8, 4) is 0 Å². The number of hydrogen-bond acceptors (Lipinski definition) is 7. The summed E-state index contributed by atoms with van der Waals surface area (Å²) in [5, 5.41) is 6.91. The maximum Gasteiger partial charge on any atom is 0.379 e. The van der Waals surface area contributed by atoms with Crippen LogP contribution < -0.4 is 5.32 Å². The molecule has 2 aromatic heterocycles. The molecule has 9 nitrogen and oxygen atoms in total. The molecule has 0 aliphatic carbocycles. The number of nitrogens with zero attached hydrogens (tertiary/aromatic N) is 4. The molecular weight excluding hydrogens is 398 g/mol. The zero-order chi connectivity index (χ0) is 22.9. The van der Waals surface area contributed by atoms with Crippen LogP contribution in [0.3, 0.4) is 0 Å². The molecule has 0 saturated carbocycles. The molecule has 3 rings (SSSR count). The molecule has 0 bridgehead atoms. The summed E-state index contributed by atoms with van der Waals surface area (Å²) < 4.78 is 6.71. The van der Waals surface area contributed by atoms with Gasteiger partial charge in [-0.15, -0.1) is 5.10 Å². The van der Waals surface area contributed by atoms with Crippen molar-refractivity contribution in [2.45, 2.75) is 47.6 Å². The number of ketones is 1. The highest BCUT2D eigenvalue weighted by molar-refractivity contribution is 6.01. The number of amides is 1. The van der Waals surface area contributed by atoms with Crippen molar-refractivity contribution < 1.29 is 19.1 Å². The Hall–Kier alpha value is -3.62. The molecular formula is C22H25N5O4. The molecule has 2 heterocycles. The van der Waals surface area contributed by atoms with Crippen LogP contribution >= 0.6 is 0 Å². The first-order chi connectivity index (χ1) is 14.5. The Bertz CT molecular complexity index is 1160. The molecule has 0 spiro atoms. The van der Waals surface area contributed by atoms with Crippen molar-refractivity contribution in [1.82, 2.24) is 19.6 Å². The quantitative estimate of drug-likeness (QED) is 0.495. The van der Waals surface area contributed by atoms with Gasteiger partial charge in [-0.25, -0.2) is 14.3 Å². The van der Waals surface area contributed by atoms with Crippen molar-refractivity contribution in [3.63, 3.8) is 0 Å². The molecule has 1 amide bonds. The number of ether oxygens (including phenoxy) is 1. The summed E-state index contributed by atoms with van der Waals surface area (Å²) in [4.78, 5) is 45.5. The lowest BCUT2D eigenvalue weighted by atomic mass is 9.95. The second-order valence-electron chi connectivity index (χ2n) is 8.38. The number of benzene rings is 1. The summed E-state index contributed by atoms with van der Waals surface area (Å²) in [7, 11) is 0.